The normalized spacial score (nSPS) is 14.1. The lowest BCUT2D eigenvalue weighted by Crippen LogP contribution is -2.30. The van der Waals surface area contributed by atoms with E-state index in [9.17, 15) is 9.59 Å². The van der Waals surface area contributed by atoms with E-state index < -0.39 is 12.1 Å². The van der Waals surface area contributed by atoms with Gasteiger partial charge in [-0.1, -0.05) is 12.1 Å². The maximum atomic E-state index is 12.3. The van der Waals surface area contributed by atoms with Gasteiger partial charge in [-0.05, 0) is 68.9 Å². The summed E-state index contributed by atoms with van der Waals surface area (Å²) in [6, 6.07) is 7.76. The summed E-state index contributed by atoms with van der Waals surface area (Å²) in [4.78, 5) is 26.4. The first kappa shape index (κ1) is 16.7. The summed E-state index contributed by atoms with van der Waals surface area (Å²) in [5.74, 6) is -0.737. The van der Waals surface area contributed by atoms with Gasteiger partial charge in [0.25, 0.3) is 5.91 Å². The smallest absolute Gasteiger partial charge is 0.349 e. The average Bonchev–Trinajstić information content (AvgIpc) is 3.12. The molecule has 5 heteroatoms. The van der Waals surface area contributed by atoms with E-state index in [0.29, 0.717) is 4.88 Å². The van der Waals surface area contributed by atoms with E-state index in [1.165, 1.54) is 21.8 Å². The molecule has 1 aromatic carbocycles. The van der Waals surface area contributed by atoms with Crippen LogP contribution in [0, 0.1) is 13.8 Å². The first-order valence-corrected chi connectivity index (χ1v) is 8.96. The van der Waals surface area contributed by atoms with E-state index >= 15 is 0 Å². The number of amides is 1. The summed E-state index contributed by atoms with van der Waals surface area (Å²) in [6.45, 7) is 5.49. The van der Waals surface area contributed by atoms with E-state index in [1.807, 2.05) is 38.1 Å². The Hall–Kier alpha value is -2.14. The Morgan fingerprint density at radius 2 is 2.00 bits per heavy atom. The maximum Gasteiger partial charge on any atom is 0.349 e. The summed E-state index contributed by atoms with van der Waals surface area (Å²) in [7, 11) is 0. The number of thiophene rings is 1. The molecule has 4 nitrogen and oxygen atoms in total. The van der Waals surface area contributed by atoms with Crippen molar-refractivity contribution in [2.45, 2.75) is 46.1 Å². The number of aryl methyl sites for hydroxylation is 4. The minimum absolute atomic E-state index is 0.318. The molecule has 126 valence electrons. The number of anilines is 1. The highest BCUT2D eigenvalue weighted by Gasteiger charge is 2.23. The first-order valence-electron chi connectivity index (χ1n) is 8.14. The molecular formula is C19H21NO3S. The van der Waals surface area contributed by atoms with Crippen molar-refractivity contribution in [1.29, 1.82) is 0 Å². The van der Waals surface area contributed by atoms with Crippen LogP contribution in [0.2, 0.25) is 0 Å². The third-order valence-electron chi connectivity index (χ3n) is 4.25. The Morgan fingerprint density at radius 3 is 2.75 bits per heavy atom. The predicted molar refractivity (Wildman–Crippen MR) is 95.8 cm³/mol. The zero-order valence-electron chi connectivity index (χ0n) is 14.1. The average molecular weight is 343 g/mol. The molecule has 1 N–H and O–H groups in total. The summed E-state index contributed by atoms with van der Waals surface area (Å²) in [5, 5.41) is 2.83. The quantitative estimate of drug-likeness (QED) is 0.853. The minimum atomic E-state index is -0.839. The molecule has 1 aromatic heterocycles. The molecule has 1 heterocycles. The van der Waals surface area contributed by atoms with Crippen molar-refractivity contribution in [1.82, 2.24) is 0 Å². The molecule has 0 fully saturated rings. The molecule has 1 aliphatic rings. The van der Waals surface area contributed by atoms with Gasteiger partial charge in [0, 0.05) is 10.6 Å². The molecule has 0 saturated heterocycles. The fourth-order valence-electron chi connectivity index (χ4n) is 2.81. The predicted octanol–water partition coefficient (Wildman–Crippen LogP) is 4.04. The number of carbonyl (C=O) groups is 2. The van der Waals surface area contributed by atoms with Crippen molar-refractivity contribution in [2.24, 2.45) is 0 Å². The van der Waals surface area contributed by atoms with Gasteiger partial charge in [-0.2, -0.15) is 0 Å². The van der Waals surface area contributed by atoms with E-state index in [2.05, 4.69) is 5.32 Å². The zero-order valence-corrected chi connectivity index (χ0v) is 15.0. The van der Waals surface area contributed by atoms with Crippen LogP contribution >= 0.6 is 11.3 Å². The Balaban J connectivity index is 1.63. The van der Waals surface area contributed by atoms with Crippen LogP contribution in [0.4, 0.5) is 5.69 Å². The highest BCUT2D eigenvalue weighted by molar-refractivity contribution is 7.14. The van der Waals surface area contributed by atoms with Crippen molar-refractivity contribution in [3.63, 3.8) is 0 Å². The molecule has 0 radical (unpaired) electrons. The number of hydrogen-bond acceptors (Lipinski definition) is 4. The van der Waals surface area contributed by atoms with Crippen LogP contribution in [-0.4, -0.2) is 18.0 Å². The number of benzene rings is 1. The number of nitrogens with one attached hydrogen (secondary N) is 1. The van der Waals surface area contributed by atoms with Gasteiger partial charge in [0.05, 0.1) is 0 Å². The van der Waals surface area contributed by atoms with Gasteiger partial charge in [-0.15, -0.1) is 11.3 Å². The van der Waals surface area contributed by atoms with Gasteiger partial charge >= 0.3 is 5.97 Å². The summed E-state index contributed by atoms with van der Waals surface area (Å²) in [5.41, 5.74) is 4.04. The Labute approximate surface area is 145 Å². The van der Waals surface area contributed by atoms with Crippen molar-refractivity contribution >= 4 is 28.9 Å². The van der Waals surface area contributed by atoms with Crippen molar-refractivity contribution in [3.8, 4) is 0 Å². The summed E-state index contributed by atoms with van der Waals surface area (Å²) >= 11 is 1.49. The molecule has 3 rings (SSSR count). The van der Waals surface area contributed by atoms with E-state index in [1.54, 1.807) is 6.92 Å². The highest BCUT2D eigenvalue weighted by Crippen LogP contribution is 2.31. The second-order valence-corrected chi connectivity index (χ2v) is 7.40. The standard InChI is InChI=1S/C19H21NO3S/c1-11-7-8-12(2)15(9-11)20-18(21)13(3)23-19(22)17-10-14-5-4-6-16(14)24-17/h7-10,13H,4-6H2,1-3H3,(H,20,21)/t13-/m1/s1. The molecule has 0 bridgehead atoms. The number of carbonyl (C=O) groups excluding carboxylic acids is 2. The number of esters is 1. The number of ether oxygens (including phenoxy) is 1. The molecule has 0 aliphatic heterocycles. The van der Waals surface area contributed by atoms with Crippen LogP contribution < -0.4 is 5.32 Å². The molecule has 1 atom stereocenters. The lowest BCUT2D eigenvalue weighted by atomic mass is 10.1. The summed E-state index contributed by atoms with van der Waals surface area (Å²) < 4.78 is 5.34. The van der Waals surface area contributed by atoms with Gasteiger partial charge in [0.1, 0.15) is 4.88 Å². The van der Waals surface area contributed by atoms with Gasteiger partial charge in [0.15, 0.2) is 6.10 Å². The maximum absolute atomic E-state index is 12.3. The van der Waals surface area contributed by atoms with E-state index in [0.717, 1.165) is 36.1 Å². The zero-order chi connectivity index (χ0) is 17.3. The fraction of sp³-hybridized carbons (Fsp3) is 0.368. The van der Waals surface area contributed by atoms with Crippen molar-refractivity contribution in [3.05, 3.63) is 50.7 Å². The van der Waals surface area contributed by atoms with Gasteiger partial charge in [0.2, 0.25) is 0 Å². The minimum Gasteiger partial charge on any atom is -0.448 e. The molecule has 0 unspecified atom stereocenters. The topological polar surface area (TPSA) is 55.4 Å². The Bertz CT molecular complexity index is 772. The van der Waals surface area contributed by atoms with Crippen LogP contribution in [0.5, 0.6) is 0 Å². The summed E-state index contributed by atoms with van der Waals surface area (Å²) in [6.07, 6.45) is 2.39. The lowest BCUT2D eigenvalue weighted by Gasteiger charge is -2.14. The number of rotatable bonds is 4. The van der Waals surface area contributed by atoms with Gasteiger partial charge < -0.3 is 10.1 Å². The number of fused-ring (bicyclic) bond motifs is 1. The second kappa shape index (κ2) is 6.77. The number of hydrogen-bond donors (Lipinski definition) is 1. The van der Waals surface area contributed by atoms with Crippen LogP contribution in [0.15, 0.2) is 24.3 Å². The van der Waals surface area contributed by atoms with Crippen LogP contribution in [-0.2, 0) is 22.4 Å². The van der Waals surface area contributed by atoms with Gasteiger partial charge in [-0.3, -0.25) is 4.79 Å². The Kier molecular flexibility index (Phi) is 4.71. The van der Waals surface area contributed by atoms with E-state index in [4.69, 9.17) is 4.74 Å². The molecule has 0 spiro atoms. The molecule has 1 amide bonds. The van der Waals surface area contributed by atoms with Crippen molar-refractivity contribution in [2.75, 3.05) is 5.32 Å². The fourth-order valence-corrected chi connectivity index (χ4v) is 3.94. The van der Waals surface area contributed by atoms with Crippen LogP contribution in [0.25, 0.3) is 0 Å². The lowest BCUT2D eigenvalue weighted by molar-refractivity contribution is -0.123. The van der Waals surface area contributed by atoms with Gasteiger partial charge in [-0.25, -0.2) is 4.79 Å². The van der Waals surface area contributed by atoms with Crippen LogP contribution in [0.1, 0.15) is 44.6 Å². The highest BCUT2D eigenvalue weighted by atomic mass is 32.1. The first-order chi connectivity index (χ1) is 11.4. The molecule has 2 aromatic rings. The van der Waals surface area contributed by atoms with Crippen LogP contribution in [0.3, 0.4) is 0 Å². The van der Waals surface area contributed by atoms with E-state index in [-0.39, 0.29) is 5.91 Å². The molecular weight excluding hydrogens is 322 g/mol. The monoisotopic (exact) mass is 343 g/mol. The molecule has 1 aliphatic carbocycles. The third kappa shape index (κ3) is 3.51. The van der Waals surface area contributed by atoms with Crippen molar-refractivity contribution < 1.29 is 14.3 Å². The Morgan fingerprint density at radius 1 is 1.21 bits per heavy atom. The largest absolute Gasteiger partial charge is 0.448 e. The molecule has 0 saturated carbocycles. The molecule has 24 heavy (non-hydrogen) atoms. The third-order valence-corrected chi connectivity index (χ3v) is 5.47. The second-order valence-electron chi connectivity index (χ2n) is 6.27. The SMILES string of the molecule is Cc1ccc(C)c(NC(=O)[C@@H](C)OC(=O)c2cc3c(s2)CCC3)c1.